The Morgan fingerprint density at radius 3 is 2.73 bits per heavy atom. The number of hydrogen-bond donors (Lipinski definition) is 1. The molecule has 0 unspecified atom stereocenters. The highest BCUT2D eigenvalue weighted by Gasteiger charge is 2.10. The summed E-state index contributed by atoms with van der Waals surface area (Å²) in [5.41, 5.74) is 1.72. The van der Waals surface area contributed by atoms with Crippen LogP contribution in [0.25, 0.3) is 11.3 Å². The third-order valence-electron chi connectivity index (χ3n) is 3.19. The number of benzene rings is 1. The zero-order chi connectivity index (χ0) is 15.9. The Balaban J connectivity index is 2.12. The smallest absolute Gasteiger partial charge is 0.226 e. The van der Waals surface area contributed by atoms with Crippen LogP contribution in [0.2, 0.25) is 0 Å². The first-order valence-corrected chi connectivity index (χ1v) is 8.03. The van der Waals surface area contributed by atoms with E-state index in [0.29, 0.717) is 23.1 Å². The Labute approximate surface area is 134 Å². The molecule has 1 aromatic carbocycles. The maximum Gasteiger partial charge on any atom is 0.226 e. The van der Waals surface area contributed by atoms with Crippen molar-refractivity contribution < 1.29 is 14.3 Å². The summed E-state index contributed by atoms with van der Waals surface area (Å²) in [6.07, 6.45) is 2.42. The van der Waals surface area contributed by atoms with Crippen LogP contribution in [0.15, 0.2) is 23.6 Å². The monoisotopic (exact) mass is 320 g/mol. The lowest BCUT2D eigenvalue weighted by atomic mass is 10.1. The summed E-state index contributed by atoms with van der Waals surface area (Å²) in [6, 6.07) is 5.63. The van der Waals surface area contributed by atoms with Gasteiger partial charge in [-0.25, -0.2) is 4.98 Å². The Kier molecular flexibility index (Phi) is 5.77. The van der Waals surface area contributed by atoms with Gasteiger partial charge in [0.05, 0.1) is 19.9 Å². The fourth-order valence-corrected chi connectivity index (χ4v) is 2.71. The third kappa shape index (κ3) is 3.98. The van der Waals surface area contributed by atoms with Gasteiger partial charge in [0.15, 0.2) is 16.6 Å². The van der Waals surface area contributed by atoms with Gasteiger partial charge in [-0.15, -0.1) is 11.3 Å². The van der Waals surface area contributed by atoms with Crippen LogP contribution >= 0.6 is 11.3 Å². The predicted molar refractivity (Wildman–Crippen MR) is 88.8 cm³/mol. The van der Waals surface area contributed by atoms with Gasteiger partial charge in [0, 0.05) is 17.4 Å². The lowest BCUT2D eigenvalue weighted by Crippen LogP contribution is -2.10. The van der Waals surface area contributed by atoms with Gasteiger partial charge in [-0.05, 0) is 24.6 Å². The molecule has 1 amide bonds. The average Bonchev–Trinajstić information content (AvgIpc) is 3.00. The summed E-state index contributed by atoms with van der Waals surface area (Å²) in [7, 11) is 3.20. The first-order chi connectivity index (χ1) is 10.7. The number of nitrogens with one attached hydrogen (secondary N) is 1. The molecule has 0 bridgehead atoms. The highest BCUT2D eigenvalue weighted by atomic mass is 32.1. The number of anilines is 1. The van der Waals surface area contributed by atoms with E-state index in [1.54, 1.807) is 14.2 Å². The average molecular weight is 320 g/mol. The fraction of sp³-hybridized carbons (Fsp3) is 0.375. The number of unbranched alkanes of at least 4 members (excludes halogenated alkanes) is 1. The first kappa shape index (κ1) is 16.3. The van der Waals surface area contributed by atoms with E-state index in [2.05, 4.69) is 17.2 Å². The summed E-state index contributed by atoms with van der Waals surface area (Å²) in [4.78, 5) is 16.2. The van der Waals surface area contributed by atoms with Crippen molar-refractivity contribution in [1.29, 1.82) is 0 Å². The van der Waals surface area contributed by atoms with Gasteiger partial charge in [-0.3, -0.25) is 4.79 Å². The largest absolute Gasteiger partial charge is 0.493 e. The second-order valence-electron chi connectivity index (χ2n) is 4.76. The molecular weight excluding hydrogens is 300 g/mol. The minimum atomic E-state index is 0.00932. The van der Waals surface area contributed by atoms with Gasteiger partial charge >= 0.3 is 0 Å². The number of nitrogens with zero attached hydrogens (tertiary/aromatic N) is 1. The molecular formula is C16H20N2O3S. The topological polar surface area (TPSA) is 60.5 Å². The molecule has 0 radical (unpaired) electrons. The molecule has 2 rings (SSSR count). The fourth-order valence-electron chi connectivity index (χ4n) is 1.98. The van der Waals surface area contributed by atoms with E-state index in [4.69, 9.17) is 9.47 Å². The molecule has 0 aliphatic heterocycles. The van der Waals surface area contributed by atoms with Crippen LogP contribution in [0.3, 0.4) is 0 Å². The van der Waals surface area contributed by atoms with Crippen LogP contribution in [0.5, 0.6) is 11.5 Å². The van der Waals surface area contributed by atoms with Crippen molar-refractivity contribution in [3.63, 3.8) is 0 Å². The zero-order valence-electron chi connectivity index (χ0n) is 13.0. The van der Waals surface area contributed by atoms with Crippen molar-refractivity contribution in [3.05, 3.63) is 23.6 Å². The van der Waals surface area contributed by atoms with Gasteiger partial charge in [0.2, 0.25) is 5.91 Å². The number of methoxy groups -OCH3 is 2. The molecule has 0 saturated carbocycles. The highest BCUT2D eigenvalue weighted by Crippen LogP contribution is 2.33. The van der Waals surface area contributed by atoms with Gasteiger partial charge in [0.25, 0.3) is 0 Å². The van der Waals surface area contributed by atoms with Crippen molar-refractivity contribution in [2.45, 2.75) is 26.2 Å². The molecule has 0 saturated heterocycles. The molecule has 6 heteroatoms. The van der Waals surface area contributed by atoms with Gasteiger partial charge in [0.1, 0.15) is 0 Å². The molecule has 0 aliphatic carbocycles. The lowest BCUT2D eigenvalue weighted by molar-refractivity contribution is -0.116. The van der Waals surface area contributed by atoms with E-state index in [-0.39, 0.29) is 5.91 Å². The van der Waals surface area contributed by atoms with Crippen LogP contribution < -0.4 is 14.8 Å². The van der Waals surface area contributed by atoms with Crippen LogP contribution in [0.4, 0.5) is 5.13 Å². The number of ether oxygens (including phenoxy) is 2. The number of carbonyl (C=O) groups excluding carboxylic acids is 1. The van der Waals surface area contributed by atoms with Crippen molar-refractivity contribution in [3.8, 4) is 22.8 Å². The molecule has 0 aliphatic rings. The second-order valence-corrected chi connectivity index (χ2v) is 5.62. The Hall–Kier alpha value is -2.08. The molecule has 5 nitrogen and oxygen atoms in total. The molecule has 118 valence electrons. The van der Waals surface area contributed by atoms with E-state index >= 15 is 0 Å². The van der Waals surface area contributed by atoms with Crippen LogP contribution in [0, 0.1) is 0 Å². The Morgan fingerprint density at radius 1 is 1.27 bits per heavy atom. The molecule has 1 aromatic heterocycles. The second kappa shape index (κ2) is 7.79. The summed E-state index contributed by atoms with van der Waals surface area (Å²) < 4.78 is 10.5. The van der Waals surface area contributed by atoms with Crippen LogP contribution in [0.1, 0.15) is 26.2 Å². The zero-order valence-corrected chi connectivity index (χ0v) is 13.8. The normalized spacial score (nSPS) is 10.3. The van der Waals surface area contributed by atoms with Crippen molar-refractivity contribution in [2.24, 2.45) is 0 Å². The molecule has 2 aromatic rings. The Bertz CT molecular complexity index is 640. The van der Waals surface area contributed by atoms with E-state index < -0.39 is 0 Å². The predicted octanol–water partition coefficient (Wildman–Crippen LogP) is 3.96. The summed E-state index contributed by atoms with van der Waals surface area (Å²) in [5, 5.41) is 5.36. The van der Waals surface area contributed by atoms with Gasteiger partial charge in [-0.2, -0.15) is 0 Å². The van der Waals surface area contributed by atoms with Crippen LogP contribution in [-0.2, 0) is 4.79 Å². The first-order valence-electron chi connectivity index (χ1n) is 7.15. The van der Waals surface area contributed by atoms with Crippen molar-refractivity contribution in [1.82, 2.24) is 4.98 Å². The summed E-state index contributed by atoms with van der Waals surface area (Å²) in [6.45, 7) is 2.06. The van der Waals surface area contributed by atoms with Gasteiger partial charge in [-0.1, -0.05) is 13.3 Å². The minimum Gasteiger partial charge on any atom is -0.493 e. The molecule has 22 heavy (non-hydrogen) atoms. The van der Waals surface area contributed by atoms with E-state index in [1.165, 1.54) is 11.3 Å². The standard InChI is InChI=1S/C16H20N2O3S/c1-4-5-6-15(19)18-16-17-12(10-22-16)11-7-8-13(20-2)14(9-11)21-3/h7-10H,4-6H2,1-3H3,(H,17,18,19). The number of hydrogen-bond acceptors (Lipinski definition) is 5. The SMILES string of the molecule is CCCCC(=O)Nc1nc(-c2ccc(OC)c(OC)c2)cs1. The minimum absolute atomic E-state index is 0.00932. The summed E-state index contributed by atoms with van der Waals surface area (Å²) in [5.74, 6) is 1.34. The number of thiazole rings is 1. The number of rotatable bonds is 7. The van der Waals surface area contributed by atoms with Crippen LogP contribution in [-0.4, -0.2) is 25.1 Å². The lowest BCUT2D eigenvalue weighted by Gasteiger charge is -2.08. The van der Waals surface area contributed by atoms with Crippen molar-refractivity contribution >= 4 is 22.4 Å². The molecule has 0 atom stereocenters. The van der Waals surface area contributed by atoms with Gasteiger partial charge < -0.3 is 14.8 Å². The Morgan fingerprint density at radius 2 is 2.05 bits per heavy atom. The number of amides is 1. The van der Waals surface area contributed by atoms with Crippen molar-refractivity contribution in [2.75, 3.05) is 19.5 Å². The molecule has 1 heterocycles. The molecule has 0 fully saturated rings. The van der Waals surface area contributed by atoms with E-state index in [1.807, 2.05) is 23.6 Å². The highest BCUT2D eigenvalue weighted by molar-refractivity contribution is 7.14. The van der Waals surface area contributed by atoms with E-state index in [0.717, 1.165) is 24.1 Å². The third-order valence-corrected chi connectivity index (χ3v) is 3.94. The number of aromatic nitrogens is 1. The molecule has 0 spiro atoms. The van der Waals surface area contributed by atoms with E-state index in [9.17, 15) is 4.79 Å². The summed E-state index contributed by atoms with van der Waals surface area (Å²) >= 11 is 1.41. The maximum atomic E-state index is 11.7. The quantitative estimate of drug-likeness (QED) is 0.839. The number of carbonyl (C=O) groups is 1. The molecule has 1 N–H and O–H groups in total. The maximum absolute atomic E-state index is 11.7.